The van der Waals surface area contributed by atoms with Crippen LogP contribution >= 0.6 is 0 Å². The number of H-pyrrole nitrogens is 1. The highest BCUT2D eigenvalue weighted by Gasteiger charge is 2.10. The highest BCUT2D eigenvalue weighted by atomic mass is 16.3. The monoisotopic (exact) mass is 231 g/mol. The van der Waals surface area contributed by atoms with Crippen LogP contribution in [0.5, 0.6) is 5.75 Å². The van der Waals surface area contributed by atoms with Crippen molar-refractivity contribution in [1.82, 2.24) is 9.97 Å². The molecule has 1 aromatic carbocycles. The first kappa shape index (κ1) is 11.7. The van der Waals surface area contributed by atoms with Gasteiger partial charge in [-0.2, -0.15) is 0 Å². The van der Waals surface area contributed by atoms with E-state index >= 15 is 0 Å². The molecule has 4 N–H and O–H groups in total. The summed E-state index contributed by atoms with van der Waals surface area (Å²) in [5.41, 5.74) is 8.45. The van der Waals surface area contributed by atoms with Crippen LogP contribution in [-0.2, 0) is 12.8 Å². The Morgan fingerprint density at radius 3 is 2.88 bits per heavy atom. The smallest absolute Gasteiger partial charge is 0.116 e. The van der Waals surface area contributed by atoms with Crippen LogP contribution in [-0.4, -0.2) is 21.6 Å². The molecule has 0 aliphatic rings. The van der Waals surface area contributed by atoms with Gasteiger partial charge in [-0.15, -0.1) is 0 Å². The van der Waals surface area contributed by atoms with Crippen LogP contribution in [0, 0.1) is 0 Å². The van der Waals surface area contributed by atoms with Crippen LogP contribution in [0.4, 0.5) is 0 Å². The molecule has 0 amide bonds. The van der Waals surface area contributed by atoms with Gasteiger partial charge in [-0.25, -0.2) is 4.98 Å². The molecule has 0 fully saturated rings. The van der Waals surface area contributed by atoms with Crippen molar-refractivity contribution in [3.63, 3.8) is 0 Å². The summed E-state index contributed by atoms with van der Waals surface area (Å²) in [6.45, 7) is 2.65. The second-order valence-electron chi connectivity index (χ2n) is 3.95. The van der Waals surface area contributed by atoms with Gasteiger partial charge >= 0.3 is 0 Å². The maximum atomic E-state index is 9.49. The lowest BCUT2D eigenvalue weighted by atomic mass is 10.1. The van der Waals surface area contributed by atoms with Crippen molar-refractivity contribution < 1.29 is 5.11 Å². The summed E-state index contributed by atoms with van der Waals surface area (Å²) in [4.78, 5) is 7.81. The number of phenols is 1. The summed E-state index contributed by atoms with van der Waals surface area (Å²) in [6, 6.07) is 7.15. The van der Waals surface area contributed by atoms with Crippen molar-refractivity contribution in [2.75, 3.05) is 6.54 Å². The Kier molecular flexibility index (Phi) is 3.44. The highest BCUT2D eigenvalue weighted by molar-refractivity contribution is 5.63. The minimum atomic E-state index is 0.257. The van der Waals surface area contributed by atoms with E-state index in [0.29, 0.717) is 6.54 Å². The van der Waals surface area contributed by atoms with Gasteiger partial charge in [-0.1, -0.05) is 19.1 Å². The summed E-state index contributed by atoms with van der Waals surface area (Å²) in [6.07, 6.45) is 1.62. The number of aryl methyl sites for hydroxylation is 1. The zero-order valence-electron chi connectivity index (χ0n) is 9.90. The molecule has 0 saturated heterocycles. The second-order valence-corrected chi connectivity index (χ2v) is 3.95. The number of rotatable bonds is 4. The lowest BCUT2D eigenvalue weighted by molar-refractivity contribution is 0.475. The summed E-state index contributed by atoms with van der Waals surface area (Å²) in [5, 5.41) is 9.49. The lowest BCUT2D eigenvalue weighted by Crippen LogP contribution is -2.03. The van der Waals surface area contributed by atoms with Gasteiger partial charge in [0.15, 0.2) is 0 Å². The Morgan fingerprint density at radius 2 is 2.24 bits per heavy atom. The van der Waals surface area contributed by atoms with Gasteiger partial charge in [-0.05, 0) is 25.1 Å². The van der Waals surface area contributed by atoms with Crippen molar-refractivity contribution in [1.29, 1.82) is 0 Å². The van der Waals surface area contributed by atoms with Gasteiger partial charge in [0, 0.05) is 17.7 Å². The third kappa shape index (κ3) is 2.47. The summed E-state index contributed by atoms with van der Waals surface area (Å²) >= 11 is 0. The SMILES string of the molecule is CCc1[nH]c(CCN)nc1-c1cccc(O)c1. The normalized spacial score (nSPS) is 10.7. The van der Waals surface area contributed by atoms with Gasteiger partial charge < -0.3 is 15.8 Å². The van der Waals surface area contributed by atoms with E-state index in [1.54, 1.807) is 12.1 Å². The molecule has 4 nitrogen and oxygen atoms in total. The van der Waals surface area contributed by atoms with E-state index in [1.807, 2.05) is 12.1 Å². The fourth-order valence-electron chi connectivity index (χ4n) is 1.87. The standard InChI is InChI=1S/C13H17N3O/c1-2-11-13(16-12(15-11)6-7-14)9-4-3-5-10(17)8-9/h3-5,8,17H,2,6-7,14H2,1H3,(H,15,16). The summed E-state index contributed by atoms with van der Waals surface area (Å²) < 4.78 is 0. The first-order valence-electron chi connectivity index (χ1n) is 5.81. The molecular weight excluding hydrogens is 214 g/mol. The average Bonchev–Trinajstić information content (AvgIpc) is 2.73. The molecule has 0 unspecified atom stereocenters. The molecule has 1 heterocycles. The van der Waals surface area contributed by atoms with Crippen molar-refractivity contribution in [2.24, 2.45) is 5.73 Å². The third-order valence-electron chi connectivity index (χ3n) is 2.68. The molecule has 0 aliphatic heterocycles. The van der Waals surface area contributed by atoms with E-state index in [0.717, 1.165) is 35.6 Å². The van der Waals surface area contributed by atoms with Gasteiger partial charge in [0.1, 0.15) is 11.6 Å². The predicted molar refractivity (Wildman–Crippen MR) is 67.8 cm³/mol. The van der Waals surface area contributed by atoms with E-state index in [2.05, 4.69) is 16.9 Å². The van der Waals surface area contributed by atoms with Crippen molar-refractivity contribution >= 4 is 0 Å². The molecule has 0 aliphatic carbocycles. The average molecular weight is 231 g/mol. The molecule has 90 valence electrons. The quantitative estimate of drug-likeness (QED) is 0.751. The molecule has 0 radical (unpaired) electrons. The molecule has 2 aromatic rings. The Morgan fingerprint density at radius 1 is 1.41 bits per heavy atom. The Hall–Kier alpha value is -1.81. The molecule has 2 rings (SSSR count). The third-order valence-corrected chi connectivity index (χ3v) is 2.68. The molecular formula is C13H17N3O. The number of aromatic amines is 1. The molecule has 4 heteroatoms. The topological polar surface area (TPSA) is 74.9 Å². The maximum Gasteiger partial charge on any atom is 0.116 e. The van der Waals surface area contributed by atoms with Gasteiger partial charge in [0.05, 0.1) is 5.69 Å². The zero-order chi connectivity index (χ0) is 12.3. The number of hydrogen-bond donors (Lipinski definition) is 3. The van der Waals surface area contributed by atoms with E-state index < -0.39 is 0 Å². The number of hydrogen-bond acceptors (Lipinski definition) is 3. The van der Waals surface area contributed by atoms with Crippen LogP contribution in [0.3, 0.4) is 0 Å². The van der Waals surface area contributed by atoms with Crippen LogP contribution in [0.15, 0.2) is 24.3 Å². The van der Waals surface area contributed by atoms with Gasteiger partial charge in [0.2, 0.25) is 0 Å². The lowest BCUT2D eigenvalue weighted by Gasteiger charge is -2.00. The largest absolute Gasteiger partial charge is 0.508 e. The maximum absolute atomic E-state index is 9.49. The Bertz CT molecular complexity index is 505. The van der Waals surface area contributed by atoms with Crippen LogP contribution in [0.2, 0.25) is 0 Å². The molecule has 0 atom stereocenters. The van der Waals surface area contributed by atoms with Crippen molar-refractivity contribution in [3.05, 3.63) is 35.8 Å². The van der Waals surface area contributed by atoms with Crippen LogP contribution in [0.25, 0.3) is 11.3 Å². The number of nitrogens with zero attached hydrogens (tertiary/aromatic N) is 1. The summed E-state index contributed by atoms with van der Waals surface area (Å²) in [7, 11) is 0. The number of nitrogens with two attached hydrogens (primary N) is 1. The Labute approximate surface area is 101 Å². The van der Waals surface area contributed by atoms with Crippen molar-refractivity contribution in [3.8, 4) is 17.0 Å². The molecule has 1 aromatic heterocycles. The highest BCUT2D eigenvalue weighted by Crippen LogP contribution is 2.25. The number of benzene rings is 1. The minimum absolute atomic E-state index is 0.257. The van der Waals surface area contributed by atoms with Crippen LogP contribution in [0.1, 0.15) is 18.4 Å². The first-order chi connectivity index (χ1) is 8.24. The molecule has 17 heavy (non-hydrogen) atoms. The van der Waals surface area contributed by atoms with E-state index in [1.165, 1.54) is 0 Å². The number of nitrogens with one attached hydrogen (secondary N) is 1. The number of phenolic OH excluding ortho intramolecular Hbond substituents is 1. The van der Waals surface area contributed by atoms with Crippen LogP contribution < -0.4 is 5.73 Å². The molecule has 0 saturated carbocycles. The summed E-state index contributed by atoms with van der Waals surface area (Å²) in [5.74, 6) is 1.16. The Balaban J connectivity index is 2.43. The molecule has 0 spiro atoms. The zero-order valence-corrected chi connectivity index (χ0v) is 9.90. The van der Waals surface area contributed by atoms with E-state index in [9.17, 15) is 5.11 Å². The number of aromatic nitrogens is 2. The predicted octanol–water partition coefficient (Wildman–Crippen LogP) is 1.85. The van der Waals surface area contributed by atoms with E-state index in [4.69, 9.17) is 5.73 Å². The fourth-order valence-corrected chi connectivity index (χ4v) is 1.87. The fraction of sp³-hybridized carbons (Fsp3) is 0.308. The van der Waals surface area contributed by atoms with E-state index in [-0.39, 0.29) is 5.75 Å². The minimum Gasteiger partial charge on any atom is -0.508 e. The first-order valence-corrected chi connectivity index (χ1v) is 5.81. The molecule has 0 bridgehead atoms. The number of aromatic hydroxyl groups is 1. The van der Waals surface area contributed by atoms with Gasteiger partial charge in [-0.3, -0.25) is 0 Å². The van der Waals surface area contributed by atoms with Crippen molar-refractivity contribution in [2.45, 2.75) is 19.8 Å². The second kappa shape index (κ2) is 5.01. The van der Waals surface area contributed by atoms with Gasteiger partial charge in [0.25, 0.3) is 0 Å². The number of imidazole rings is 1.